The monoisotopic (exact) mass is 380 g/mol. The normalized spacial score (nSPS) is 20.8. The molecule has 3 N–H and O–H groups in total. The van der Waals surface area contributed by atoms with Crippen molar-refractivity contribution in [1.82, 2.24) is 10.0 Å². The molecule has 1 aromatic carbocycles. The SMILES string of the molecule is C=CCNS(=O)(=O)c1cccc(C(=O)N[C@H]2CCCCC[C@H]2C(=O)O)c1. The van der Waals surface area contributed by atoms with Crippen LogP contribution in [-0.2, 0) is 14.8 Å². The Morgan fingerprint density at radius 2 is 1.96 bits per heavy atom. The quantitative estimate of drug-likeness (QED) is 0.494. The topological polar surface area (TPSA) is 113 Å². The lowest BCUT2D eigenvalue weighted by Crippen LogP contribution is -2.42. The number of carboxylic acids is 1. The molecule has 1 saturated carbocycles. The highest BCUT2D eigenvalue weighted by Crippen LogP contribution is 2.24. The van der Waals surface area contributed by atoms with Crippen LogP contribution in [0.3, 0.4) is 0 Å². The first kappa shape index (κ1) is 20.1. The third-order valence-electron chi connectivity index (χ3n) is 4.47. The molecule has 0 heterocycles. The molecule has 0 aromatic heterocycles. The highest BCUT2D eigenvalue weighted by atomic mass is 32.2. The van der Waals surface area contributed by atoms with Crippen molar-refractivity contribution in [3.63, 3.8) is 0 Å². The molecule has 1 aromatic rings. The summed E-state index contributed by atoms with van der Waals surface area (Å²) in [5.74, 6) is -2.01. The maximum atomic E-state index is 12.6. The number of sulfonamides is 1. The Balaban J connectivity index is 2.17. The van der Waals surface area contributed by atoms with E-state index in [0.29, 0.717) is 12.8 Å². The molecule has 1 aliphatic carbocycles. The zero-order valence-electron chi connectivity index (χ0n) is 14.5. The van der Waals surface area contributed by atoms with Crippen LogP contribution in [0.1, 0.15) is 42.5 Å². The summed E-state index contributed by atoms with van der Waals surface area (Å²) in [5, 5.41) is 12.2. The van der Waals surface area contributed by atoms with Crippen LogP contribution < -0.4 is 10.0 Å². The highest BCUT2D eigenvalue weighted by Gasteiger charge is 2.31. The minimum Gasteiger partial charge on any atom is -0.481 e. The number of hydrogen-bond donors (Lipinski definition) is 3. The summed E-state index contributed by atoms with van der Waals surface area (Å²) in [7, 11) is -3.74. The van der Waals surface area contributed by atoms with Crippen molar-refractivity contribution < 1.29 is 23.1 Å². The van der Waals surface area contributed by atoms with Gasteiger partial charge in [-0.25, -0.2) is 13.1 Å². The highest BCUT2D eigenvalue weighted by molar-refractivity contribution is 7.89. The summed E-state index contributed by atoms with van der Waals surface area (Å²) in [6.07, 6.45) is 5.17. The summed E-state index contributed by atoms with van der Waals surface area (Å²) in [6, 6.07) is 5.22. The van der Waals surface area contributed by atoms with Gasteiger partial charge in [0.2, 0.25) is 10.0 Å². The molecule has 1 fully saturated rings. The fourth-order valence-corrected chi connectivity index (χ4v) is 4.13. The molecule has 0 unspecified atom stereocenters. The van der Waals surface area contributed by atoms with Crippen molar-refractivity contribution in [2.45, 2.75) is 43.0 Å². The van der Waals surface area contributed by atoms with Crippen LogP contribution in [0, 0.1) is 5.92 Å². The van der Waals surface area contributed by atoms with E-state index >= 15 is 0 Å². The molecule has 142 valence electrons. The molecule has 1 amide bonds. The van der Waals surface area contributed by atoms with Crippen LogP contribution in [0.2, 0.25) is 0 Å². The molecule has 1 aliphatic rings. The van der Waals surface area contributed by atoms with Crippen molar-refractivity contribution in [3.05, 3.63) is 42.5 Å². The van der Waals surface area contributed by atoms with Gasteiger partial charge in [-0.15, -0.1) is 6.58 Å². The average Bonchev–Trinajstić information content (AvgIpc) is 2.85. The molecule has 0 aliphatic heterocycles. The molecular formula is C18H24N2O5S. The number of amides is 1. The van der Waals surface area contributed by atoms with Gasteiger partial charge in [0.15, 0.2) is 0 Å². The van der Waals surface area contributed by atoms with Gasteiger partial charge in [0, 0.05) is 18.2 Å². The Labute approximate surface area is 153 Å². The van der Waals surface area contributed by atoms with Gasteiger partial charge in [-0.05, 0) is 31.0 Å². The van der Waals surface area contributed by atoms with E-state index in [4.69, 9.17) is 0 Å². The molecule has 0 radical (unpaired) electrons. The molecule has 26 heavy (non-hydrogen) atoms. The lowest BCUT2D eigenvalue weighted by atomic mass is 9.94. The zero-order chi connectivity index (χ0) is 19.2. The van der Waals surface area contributed by atoms with Gasteiger partial charge in [0.25, 0.3) is 5.91 Å². The van der Waals surface area contributed by atoms with Gasteiger partial charge < -0.3 is 10.4 Å². The van der Waals surface area contributed by atoms with E-state index in [1.54, 1.807) is 0 Å². The van der Waals surface area contributed by atoms with Crippen LogP contribution in [-0.4, -0.2) is 38.0 Å². The fourth-order valence-electron chi connectivity index (χ4n) is 3.08. The van der Waals surface area contributed by atoms with Gasteiger partial charge >= 0.3 is 5.97 Å². The van der Waals surface area contributed by atoms with Crippen LogP contribution in [0.15, 0.2) is 41.8 Å². The number of carbonyl (C=O) groups excluding carboxylic acids is 1. The summed E-state index contributed by atoms with van der Waals surface area (Å²) < 4.78 is 26.7. The van der Waals surface area contributed by atoms with Gasteiger partial charge in [-0.1, -0.05) is 31.4 Å². The van der Waals surface area contributed by atoms with Crippen molar-refractivity contribution in [3.8, 4) is 0 Å². The minimum atomic E-state index is -3.74. The molecule has 0 spiro atoms. The second kappa shape index (κ2) is 8.95. The molecule has 7 nitrogen and oxygen atoms in total. The third kappa shape index (κ3) is 5.15. The van der Waals surface area contributed by atoms with Crippen LogP contribution in [0.25, 0.3) is 0 Å². The number of benzene rings is 1. The number of nitrogens with one attached hydrogen (secondary N) is 2. The summed E-state index contributed by atoms with van der Waals surface area (Å²) in [5.41, 5.74) is 0.180. The van der Waals surface area contributed by atoms with Gasteiger partial charge in [-0.3, -0.25) is 9.59 Å². The van der Waals surface area contributed by atoms with Crippen molar-refractivity contribution in [2.24, 2.45) is 5.92 Å². The number of rotatable bonds is 7. The molecule has 2 atom stereocenters. The van der Waals surface area contributed by atoms with Gasteiger partial charge in [-0.2, -0.15) is 0 Å². The van der Waals surface area contributed by atoms with E-state index in [0.717, 1.165) is 19.3 Å². The zero-order valence-corrected chi connectivity index (χ0v) is 15.3. The third-order valence-corrected chi connectivity index (χ3v) is 5.90. The lowest BCUT2D eigenvalue weighted by Gasteiger charge is -2.23. The Morgan fingerprint density at radius 1 is 1.23 bits per heavy atom. The Hall–Kier alpha value is -2.19. The Kier molecular flexibility index (Phi) is 6.93. The first-order valence-corrected chi connectivity index (χ1v) is 10.1. The average molecular weight is 380 g/mol. The lowest BCUT2D eigenvalue weighted by molar-refractivity contribution is -0.142. The van der Waals surface area contributed by atoms with E-state index < -0.39 is 33.9 Å². The van der Waals surface area contributed by atoms with Crippen LogP contribution >= 0.6 is 0 Å². The van der Waals surface area contributed by atoms with Gasteiger partial charge in [0.05, 0.1) is 10.8 Å². The number of hydrogen-bond acceptors (Lipinski definition) is 4. The summed E-state index contributed by atoms with van der Waals surface area (Å²) in [6.45, 7) is 3.54. The molecule has 0 saturated heterocycles. The predicted molar refractivity (Wildman–Crippen MR) is 97.3 cm³/mol. The molecule has 2 rings (SSSR count). The Morgan fingerprint density at radius 3 is 2.65 bits per heavy atom. The summed E-state index contributed by atoms with van der Waals surface area (Å²) in [4.78, 5) is 24.0. The summed E-state index contributed by atoms with van der Waals surface area (Å²) >= 11 is 0. The van der Waals surface area contributed by atoms with E-state index in [9.17, 15) is 23.1 Å². The number of aliphatic carboxylic acids is 1. The van der Waals surface area contributed by atoms with E-state index in [2.05, 4.69) is 16.6 Å². The van der Waals surface area contributed by atoms with Crippen molar-refractivity contribution in [1.29, 1.82) is 0 Å². The second-order valence-electron chi connectivity index (χ2n) is 6.33. The predicted octanol–water partition coefficient (Wildman–Crippen LogP) is 1.91. The number of carbonyl (C=O) groups is 2. The molecular weight excluding hydrogens is 356 g/mol. The smallest absolute Gasteiger partial charge is 0.308 e. The first-order chi connectivity index (χ1) is 12.3. The molecule has 0 bridgehead atoms. The molecule has 8 heteroatoms. The largest absolute Gasteiger partial charge is 0.481 e. The maximum Gasteiger partial charge on any atom is 0.308 e. The number of carboxylic acid groups (broad SMARTS) is 1. The van der Waals surface area contributed by atoms with Crippen molar-refractivity contribution in [2.75, 3.05) is 6.54 Å². The van der Waals surface area contributed by atoms with Crippen LogP contribution in [0.5, 0.6) is 0 Å². The van der Waals surface area contributed by atoms with E-state index in [1.165, 1.54) is 30.3 Å². The minimum absolute atomic E-state index is 0.0253. The fraction of sp³-hybridized carbons (Fsp3) is 0.444. The van der Waals surface area contributed by atoms with E-state index in [1.807, 2.05) is 0 Å². The van der Waals surface area contributed by atoms with E-state index in [-0.39, 0.29) is 17.0 Å². The first-order valence-electron chi connectivity index (χ1n) is 8.59. The van der Waals surface area contributed by atoms with Crippen molar-refractivity contribution >= 4 is 21.9 Å². The Bertz CT molecular complexity index is 776. The van der Waals surface area contributed by atoms with Crippen LogP contribution in [0.4, 0.5) is 0 Å². The second-order valence-corrected chi connectivity index (χ2v) is 8.10. The maximum absolute atomic E-state index is 12.6. The van der Waals surface area contributed by atoms with Gasteiger partial charge in [0.1, 0.15) is 0 Å². The standard InChI is InChI=1S/C18H24N2O5S/c1-2-11-19-26(24,25)14-8-6-7-13(12-14)17(21)20-16-10-5-3-4-9-15(16)18(22)23/h2,6-8,12,15-16,19H,1,3-5,9-11H2,(H,20,21)(H,22,23)/t15-,16+/m1/s1.